The second-order valence-electron chi connectivity index (χ2n) is 0.716. The van der Waals surface area contributed by atoms with Gasteiger partial charge in [0.2, 0.25) is 0 Å². The molecule has 0 aliphatic heterocycles. The average Bonchev–Trinajstić information content (AvgIpc) is 1.41. The van der Waals surface area contributed by atoms with Crippen LogP contribution in [0.4, 0.5) is 0 Å². The second-order valence-corrected chi connectivity index (χ2v) is 0.716. The predicted octanol–water partition coefficient (Wildman–Crippen LogP) is -1.02. The van der Waals surface area contributed by atoms with Gasteiger partial charge in [0.05, 0.1) is 13.2 Å². The summed E-state index contributed by atoms with van der Waals surface area (Å²) in [6.45, 7) is 0.566. The Hall–Kier alpha value is 1.56. The summed E-state index contributed by atoms with van der Waals surface area (Å²) in [6.07, 6.45) is 0. The number of aliphatic hydroxyl groups excluding tert-OH is 1. The van der Waals surface area contributed by atoms with Crippen LogP contribution in [-0.2, 0) is 4.74 Å². The van der Waals surface area contributed by atoms with Crippen molar-refractivity contribution in [1.29, 1.82) is 0 Å². The van der Waals surface area contributed by atoms with Crippen LogP contribution in [0.15, 0.2) is 0 Å². The molecule has 0 aliphatic carbocycles. The third-order valence-corrected chi connectivity index (χ3v) is 0.295. The molecule has 1 N–H and O–H groups in total. The van der Waals surface area contributed by atoms with E-state index in [1.807, 2.05) is 0 Å². The van der Waals surface area contributed by atoms with Crippen molar-refractivity contribution in [2.24, 2.45) is 0 Å². The molecule has 0 radical (unpaired) electrons. The van der Waals surface area contributed by atoms with Gasteiger partial charge in [0.1, 0.15) is 0 Å². The summed E-state index contributed by atoms with van der Waals surface area (Å²) in [5.74, 6) is 0. The first-order valence-corrected chi connectivity index (χ1v) is 1.51. The maximum absolute atomic E-state index is 7.94. The van der Waals surface area contributed by atoms with E-state index in [0.29, 0.717) is 6.61 Å². The van der Waals surface area contributed by atoms with Crippen molar-refractivity contribution in [2.75, 3.05) is 20.3 Å². The van der Waals surface area contributed by atoms with E-state index in [4.69, 9.17) is 5.11 Å². The fourth-order valence-corrected chi connectivity index (χ4v) is 0.0913. The summed E-state index contributed by atoms with van der Waals surface area (Å²) in [5, 5.41) is 7.94. The maximum atomic E-state index is 7.94. The van der Waals surface area contributed by atoms with Crippen LogP contribution in [0.2, 0.25) is 0 Å². The van der Waals surface area contributed by atoms with Crippen LogP contribution >= 0.6 is 0 Å². The van der Waals surface area contributed by atoms with Crippen LogP contribution in [0.5, 0.6) is 0 Å². The average molecular weight is 116 g/mol. The van der Waals surface area contributed by atoms with Gasteiger partial charge in [-0.2, -0.15) is 0 Å². The van der Waals surface area contributed by atoms with Crippen molar-refractivity contribution in [1.82, 2.24) is 0 Å². The van der Waals surface area contributed by atoms with E-state index in [-0.39, 0.29) is 58.0 Å². The molecule has 3 heteroatoms. The molecular weight excluding hydrogens is 107 g/mol. The van der Waals surface area contributed by atoms with E-state index >= 15 is 0 Å². The molecule has 0 atom stereocenters. The van der Waals surface area contributed by atoms with Gasteiger partial charge in [-0.1, -0.05) is 0 Å². The zero-order valence-electron chi connectivity index (χ0n) is 3.27. The summed E-state index contributed by atoms with van der Waals surface area (Å²) >= 11 is 0. The first-order valence-electron chi connectivity index (χ1n) is 1.51. The Morgan fingerprint density at radius 2 is 2.17 bits per heavy atom. The van der Waals surface area contributed by atoms with Crippen LogP contribution in [-0.4, -0.2) is 76.8 Å². The van der Waals surface area contributed by atoms with E-state index < -0.39 is 0 Å². The van der Waals surface area contributed by atoms with Gasteiger partial charge in [-0.25, -0.2) is 0 Å². The third kappa shape index (κ3) is 9.12. The summed E-state index contributed by atoms with van der Waals surface area (Å²) in [6, 6.07) is 0. The Balaban J connectivity index is 0. The predicted molar refractivity (Wildman–Crippen MR) is 26.1 cm³/mol. The number of rotatable bonds is 2. The molecule has 0 fully saturated rings. The Morgan fingerprint density at radius 3 is 2.17 bits per heavy atom. The molecule has 0 aliphatic rings. The van der Waals surface area contributed by atoms with Gasteiger partial charge in [0.25, 0.3) is 0 Å². The van der Waals surface area contributed by atoms with Crippen LogP contribution < -0.4 is 0 Å². The normalized spacial score (nSPS) is 7.00. The molecule has 0 saturated carbocycles. The fourth-order valence-electron chi connectivity index (χ4n) is 0.0913. The number of aliphatic hydroxyl groups is 1. The molecule has 0 aromatic rings. The van der Waals surface area contributed by atoms with E-state index in [1.54, 1.807) is 7.11 Å². The number of hydrogen-bond donors (Lipinski definition) is 1. The van der Waals surface area contributed by atoms with Crippen LogP contribution in [0.1, 0.15) is 0 Å². The van der Waals surface area contributed by atoms with Crippen molar-refractivity contribution < 1.29 is 9.84 Å². The molecule has 0 unspecified atom stereocenters. The molecule has 6 heavy (non-hydrogen) atoms. The molecule has 0 bridgehead atoms. The van der Waals surface area contributed by atoms with Gasteiger partial charge in [-0.05, 0) is 0 Å². The van der Waals surface area contributed by atoms with Crippen molar-refractivity contribution in [3.8, 4) is 0 Å². The first-order chi connectivity index (χ1) is 2.41. The van der Waals surface area contributed by atoms with Gasteiger partial charge < -0.3 is 9.84 Å². The van der Waals surface area contributed by atoms with Crippen molar-refractivity contribution in [3.63, 3.8) is 0 Å². The van der Waals surface area contributed by atoms with E-state index in [2.05, 4.69) is 4.74 Å². The molecule has 0 saturated heterocycles. The van der Waals surface area contributed by atoms with E-state index in [1.165, 1.54) is 0 Å². The molecule has 0 aromatic heterocycles. The van der Waals surface area contributed by atoms with Crippen LogP contribution in [0, 0.1) is 0 Å². The van der Waals surface area contributed by atoms with Gasteiger partial charge >= 0.3 is 51.4 Å². The molecule has 0 spiro atoms. The Bertz CT molecular complexity index is 16.3. The summed E-state index contributed by atoms with van der Waals surface area (Å²) < 4.78 is 4.44. The molecular formula is C3H9KO2. The van der Waals surface area contributed by atoms with Gasteiger partial charge in [0, 0.05) is 7.11 Å². The quantitative estimate of drug-likeness (QED) is 0.468. The fraction of sp³-hybridized carbons (Fsp3) is 1.00. The minimum absolute atomic E-state index is 0. The first kappa shape index (κ1) is 10.5. The monoisotopic (exact) mass is 116 g/mol. The van der Waals surface area contributed by atoms with Crippen molar-refractivity contribution in [2.45, 2.75) is 0 Å². The van der Waals surface area contributed by atoms with Gasteiger partial charge in [-0.15, -0.1) is 0 Å². The SMILES string of the molecule is COCCO.[KH]. The number of hydrogen-bond acceptors (Lipinski definition) is 2. The second kappa shape index (κ2) is 9.75. The molecule has 0 aromatic carbocycles. The van der Waals surface area contributed by atoms with E-state index in [0.717, 1.165) is 0 Å². The van der Waals surface area contributed by atoms with Crippen LogP contribution in [0.25, 0.3) is 0 Å². The molecule has 0 heterocycles. The van der Waals surface area contributed by atoms with Gasteiger partial charge in [-0.3, -0.25) is 0 Å². The van der Waals surface area contributed by atoms with Gasteiger partial charge in [0.15, 0.2) is 0 Å². The summed E-state index contributed by atoms with van der Waals surface area (Å²) in [4.78, 5) is 0. The Labute approximate surface area is 80.3 Å². The third-order valence-electron chi connectivity index (χ3n) is 0.295. The molecule has 2 nitrogen and oxygen atoms in total. The Morgan fingerprint density at radius 1 is 1.67 bits per heavy atom. The van der Waals surface area contributed by atoms with E-state index in [9.17, 15) is 0 Å². The van der Waals surface area contributed by atoms with Crippen LogP contribution in [0.3, 0.4) is 0 Å². The molecule has 0 amide bonds. The zero-order valence-corrected chi connectivity index (χ0v) is 3.27. The minimum atomic E-state index is 0. The molecule has 34 valence electrons. The summed E-state index contributed by atoms with van der Waals surface area (Å²) in [5.41, 5.74) is 0. The number of methoxy groups -OCH3 is 1. The van der Waals surface area contributed by atoms with Crippen molar-refractivity contribution >= 4 is 51.4 Å². The number of ether oxygens (including phenoxy) is 1. The molecule has 0 rings (SSSR count). The summed E-state index contributed by atoms with van der Waals surface area (Å²) in [7, 11) is 1.55. The topological polar surface area (TPSA) is 29.5 Å². The standard InChI is InChI=1S/C3H8O2.K.H/c1-5-3-2-4;;/h4H,2-3H2,1H3;;. The Kier molecular flexibility index (Phi) is 17.1. The van der Waals surface area contributed by atoms with Crippen molar-refractivity contribution in [3.05, 3.63) is 0 Å². The zero-order chi connectivity index (χ0) is 4.12.